The SMILES string of the molecule is CC(N)c1cn(CCCN2CCCC2)nn1. The summed E-state index contributed by atoms with van der Waals surface area (Å²) in [7, 11) is 0. The van der Waals surface area contributed by atoms with Crippen LogP contribution < -0.4 is 5.73 Å². The highest BCUT2D eigenvalue weighted by atomic mass is 15.4. The van der Waals surface area contributed by atoms with Gasteiger partial charge in [0.2, 0.25) is 0 Å². The Labute approximate surface area is 96.6 Å². The van der Waals surface area contributed by atoms with Gasteiger partial charge in [0.1, 0.15) is 0 Å². The van der Waals surface area contributed by atoms with Crippen LogP contribution in [0.5, 0.6) is 0 Å². The molecule has 0 saturated carbocycles. The van der Waals surface area contributed by atoms with Gasteiger partial charge < -0.3 is 10.6 Å². The second-order valence-corrected chi connectivity index (χ2v) is 4.60. The molecule has 1 aromatic heterocycles. The number of nitrogens with two attached hydrogens (primary N) is 1. The summed E-state index contributed by atoms with van der Waals surface area (Å²) in [5.41, 5.74) is 6.61. The summed E-state index contributed by atoms with van der Waals surface area (Å²) >= 11 is 0. The quantitative estimate of drug-likeness (QED) is 0.801. The number of aromatic nitrogens is 3. The van der Waals surface area contributed by atoms with Crippen LogP contribution in [0.1, 0.15) is 37.9 Å². The maximum Gasteiger partial charge on any atom is 0.0991 e. The van der Waals surface area contributed by atoms with Crippen LogP contribution in [0.3, 0.4) is 0 Å². The lowest BCUT2D eigenvalue weighted by molar-refractivity contribution is 0.321. The monoisotopic (exact) mass is 223 g/mol. The fourth-order valence-corrected chi connectivity index (χ4v) is 2.09. The van der Waals surface area contributed by atoms with Crippen molar-refractivity contribution in [3.63, 3.8) is 0 Å². The first-order valence-electron chi connectivity index (χ1n) is 6.13. The van der Waals surface area contributed by atoms with Gasteiger partial charge in [0.05, 0.1) is 11.9 Å². The van der Waals surface area contributed by atoms with E-state index in [4.69, 9.17) is 5.73 Å². The Hall–Kier alpha value is -0.940. The van der Waals surface area contributed by atoms with Crippen molar-refractivity contribution in [2.75, 3.05) is 19.6 Å². The lowest BCUT2D eigenvalue weighted by Crippen LogP contribution is -2.21. The van der Waals surface area contributed by atoms with Crippen LogP contribution in [0.4, 0.5) is 0 Å². The molecule has 0 amide bonds. The van der Waals surface area contributed by atoms with E-state index in [-0.39, 0.29) is 6.04 Å². The topological polar surface area (TPSA) is 60.0 Å². The minimum atomic E-state index is -0.0210. The minimum absolute atomic E-state index is 0.0210. The molecule has 5 nitrogen and oxygen atoms in total. The van der Waals surface area contributed by atoms with Crippen LogP contribution in [0.2, 0.25) is 0 Å². The number of hydrogen-bond acceptors (Lipinski definition) is 4. The second-order valence-electron chi connectivity index (χ2n) is 4.60. The van der Waals surface area contributed by atoms with E-state index in [2.05, 4.69) is 15.2 Å². The Balaban J connectivity index is 1.72. The van der Waals surface area contributed by atoms with Gasteiger partial charge in [-0.3, -0.25) is 4.68 Å². The third-order valence-electron chi connectivity index (χ3n) is 3.08. The maximum atomic E-state index is 5.73. The van der Waals surface area contributed by atoms with Crippen molar-refractivity contribution in [1.82, 2.24) is 19.9 Å². The third-order valence-corrected chi connectivity index (χ3v) is 3.08. The normalized spacial score (nSPS) is 19.1. The van der Waals surface area contributed by atoms with E-state index >= 15 is 0 Å². The molecule has 2 N–H and O–H groups in total. The Kier molecular flexibility index (Phi) is 3.90. The summed E-state index contributed by atoms with van der Waals surface area (Å²) in [5.74, 6) is 0. The molecule has 1 fully saturated rings. The highest BCUT2D eigenvalue weighted by molar-refractivity contribution is 4.97. The van der Waals surface area contributed by atoms with Gasteiger partial charge in [-0.05, 0) is 45.8 Å². The molecule has 16 heavy (non-hydrogen) atoms. The predicted octanol–water partition coefficient (Wildman–Crippen LogP) is 0.784. The molecular weight excluding hydrogens is 202 g/mol. The van der Waals surface area contributed by atoms with Crippen LogP contribution in [0, 0.1) is 0 Å². The summed E-state index contributed by atoms with van der Waals surface area (Å²) in [6.07, 6.45) is 5.81. The largest absolute Gasteiger partial charge is 0.323 e. The molecule has 0 radical (unpaired) electrons. The maximum absolute atomic E-state index is 5.73. The number of aryl methyl sites for hydroxylation is 1. The highest BCUT2D eigenvalue weighted by Gasteiger charge is 2.10. The molecule has 2 rings (SSSR count). The van der Waals surface area contributed by atoms with Crippen molar-refractivity contribution >= 4 is 0 Å². The van der Waals surface area contributed by atoms with Gasteiger partial charge in [0.15, 0.2) is 0 Å². The third kappa shape index (κ3) is 3.02. The molecule has 0 bridgehead atoms. The lowest BCUT2D eigenvalue weighted by Gasteiger charge is -2.13. The van der Waals surface area contributed by atoms with E-state index in [0.717, 1.165) is 18.7 Å². The van der Waals surface area contributed by atoms with Crippen molar-refractivity contribution in [1.29, 1.82) is 0 Å². The van der Waals surface area contributed by atoms with Crippen molar-refractivity contribution < 1.29 is 0 Å². The number of nitrogens with zero attached hydrogens (tertiary/aromatic N) is 4. The van der Waals surface area contributed by atoms with E-state index in [9.17, 15) is 0 Å². The molecular formula is C11H21N5. The molecule has 1 saturated heterocycles. The summed E-state index contributed by atoms with van der Waals surface area (Å²) in [4.78, 5) is 2.52. The number of hydrogen-bond donors (Lipinski definition) is 1. The van der Waals surface area contributed by atoms with E-state index in [0.29, 0.717) is 0 Å². The molecule has 1 aromatic rings. The molecule has 1 aliphatic heterocycles. The molecule has 1 atom stereocenters. The summed E-state index contributed by atoms with van der Waals surface area (Å²) in [5, 5.41) is 8.11. The van der Waals surface area contributed by atoms with Crippen LogP contribution in [-0.4, -0.2) is 39.5 Å². The Morgan fingerprint density at radius 1 is 1.38 bits per heavy atom. The highest BCUT2D eigenvalue weighted by Crippen LogP contribution is 2.08. The van der Waals surface area contributed by atoms with Crippen molar-refractivity contribution in [3.05, 3.63) is 11.9 Å². The van der Waals surface area contributed by atoms with E-state index in [1.165, 1.54) is 32.5 Å². The summed E-state index contributed by atoms with van der Waals surface area (Å²) in [6, 6.07) is -0.0210. The van der Waals surface area contributed by atoms with E-state index in [1.54, 1.807) is 0 Å². The zero-order valence-corrected chi connectivity index (χ0v) is 9.97. The van der Waals surface area contributed by atoms with Crippen LogP contribution in [0.25, 0.3) is 0 Å². The molecule has 1 aliphatic rings. The number of rotatable bonds is 5. The first-order chi connectivity index (χ1) is 7.75. The van der Waals surface area contributed by atoms with Gasteiger partial charge in [0, 0.05) is 12.6 Å². The van der Waals surface area contributed by atoms with Crippen LogP contribution in [0.15, 0.2) is 6.20 Å². The minimum Gasteiger partial charge on any atom is -0.323 e. The molecule has 0 aliphatic carbocycles. The zero-order chi connectivity index (χ0) is 11.4. The summed E-state index contributed by atoms with van der Waals surface area (Å²) in [6.45, 7) is 6.58. The Morgan fingerprint density at radius 2 is 2.12 bits per heavy atom. The fraction of sp³-hybridized carbons (Fsp3) is 0.818. The fourth-order valence-electron chi connectivity index (χ4n) is 2.09. The first kappa shape index (κ1) is 11.5. The van der Waals surface area contributed by atoms with Gasteiger partial charge in [-0.15, -0.1) is 5.10 Å². The predicted molar refractivity (Wildman–Crippen MR) is 62.9 cm³/mol. The average Bonchev–Trinajstić information content (AvgIpc) is 2.87. The van der Waals surface area contributed by atoms with Gasteiger partial charge >= 0.3 is 0 Å². The molecule has 0 aromatic carbocycles. The van der Waals surface area contributed by atoms with E-state index in [1.807, 2.05) is 17.8 Å². The average molecular weight is 223 g/mol. The molecule has 90 valence electrons. The second kappa shape index (κ2) is 5.41. The smallest absolute Gasteiger partial charge is 0.0991 e. The Bertz CT molecular complexity index is 314. The summed E-state index contributed by atoms with van der Waals surface area (Å²) < 4.78 is 1.90. The van der Waals surface area contributed by atoms with Gasteiger partial charge in [-0.25, -0.2) is 0 Å². The van der Waals surface area contributed by atoms with Crippen molar-refractivity contribution in [3.8, 4) is 0 Å². The van der Waals surface area contributed by atoms with Crippen molar-refractivity contribution in [2.45, 2.75) is 38.8 Å². The zero-order valence-electron chi connectivity index (χ0n) is 9.97. The first-order valence-corrected chi connectivity index (χ1v) is 6.13. The van der Waals surface area contributed by atoms with Gasteiger partial charge in [0.25, 0.3) is 0 Å². The molecule has 0 spiro atoms. The molecule has 5 heteroatoms. The standard InChI is InChI=1S/C11H21N5/c1-10(12)11-9-16(14-13-11)8-4-7-15-5-2-3-6-15/h9-10H,2-8,12H2,1H3. The molecule has 2 heterocycles. The molecule has 1 unspecified atom stereocenters. The van der Waals surface area contributed by atoms with Crippen LogP contribution >= 0.6 is 0 Å². The van der Waals surface area contributed by atoms with Crippen LogP contribution in [-0.2, 0) is 6.54 Å². The van der Waals surface area contributed by atoms with Gasteiger partial charge in [-0.1, -0.05) is 5.21 Å². The van der Waals surface area contributed by atoms with E-state index < -0.39 is 0 Å². The van der Waals surface area contributed by atoms with Gasteiger partial charge in [-0.2, -0.15) is 0 Å². The Morgan fingerprint density at radius 3 is 2.75 bits per heavy atom. The lowest BCUT2D eigenvalue weighted by atomic mass is 10.3. The van der Waals surface area contributed by atoms with Crippen molar-refractivity contribution in [2.24, 2.45) is 5.73 Å². The number of likely N-dealkylation sites (tertiary alicyclic amines) is 1.